The smallest absolute Gasteiger partial charge is 0.257 e. The molecular formula is C15H12ClN3OS. The molecule has 0 aliphatic carbocycles. The minimum absolute atomic E-state index is 0.197. The summed E-state index contributed by atoms with van der Waals surface area (Å²) in [5.74, 6) is -0.197. The molecule has 1 aromatic heterocycles. The van der Waals surface area contributed by atoms with E-state index >= 15 is 0 Å². The molecule has 0 aliphatic heterocycles. The van der Waals surface area contributed by atoms with Crippen molar-refractivity contribution in [2.75, 3.05) is 11.1 Å². The largest absolute Gasteiger partial charge is 0.399 e. The molecule has 1 heterocycles. The van der Waals surface area contributed by atoms with Crippen molar-refractivity contribution < 1.29 is 4.79 Å². The van der Waals surface area contributed by atoms with E-state index in [9.17, 15) is 4.79 Å². The zero-order valence-electron chi connectivity index (χ0n) is 11.2. The van der Waals surface area contributed by atoms with E-state index in [1.54, 1.807) is 24.3 Å². The van der Waals surface area contributed by atoms with Gasteiger partial charge in [0.2, 0.25) is 0 Å². The third-order valence-corrected chi connectivity index (χ3v) is 4.23. The lowest BCUT2D eigenvalue weighted by molar-refractivity contribution is 0.102. The minimum Gasteiger partial charge on any atom is -0.399 e. The van der Waals surface area contributed by atoms with Gasteiger partial charge in [0, 0.05) is 16.3 Å². The first-order chi connectivity index (χ1) is 10.0. The van der Waals surface area contributed by atoms with E-state index in [2.05, 4.69) is 10.3 Å². The second-order valence-electron chi connectivity index (χ2n) is 4.66. The number of nitrogens with two attached hydrogens (primary N) is 1. The normalized spacial score (nSPS) is 10.8. The lowest BCUT2D eigenvalue weighted by Crippen LogP contribution is -2.13. The van der Waals surface area contributed by atoms with Gasteiger partial charge in [0.25, 0.3) is 5.91 Å². The van der Waals surface area contributed by atoms with Gasteiger partial charge in [0.1, 0.15) is 0 Å². The molecule has 0 atom stereocenters. The Morgan fingerprint density at radius 3 is 2.86 bits per heavy atom. The number of nitrogens with zero attached hydrogens (tertiary/aromatic N) is 1. The Balaban J connectivity index is 1.89. The van der Waals surface area contributed by atoms with Crippen molar-refractivity contribution in [1.82, 2.24) is 4.98 Å². The van der Waals surface area contributed by atoms with Gasteiger partial charge in [-0.05, 0) is 48.9 Å². The van der Waals surface area contributed by atoms with Crippen molar-refractivity contribution in [3.05, 3.63) is 52.5 Å². The van der Waals surface area contributed by atoms with Crippen LogP contribution in [-0.4, -0.2) is 10.9 Å². The molecule has 2 aromatic carbocycles. The topological polar surface area (TPSA) is 68.0 Å². The average molecular weight is 318 g/mol. The molecule has 3 aromatic rings. The quantitative estimate of drug-likeness (QED) is 0.699. The number of anilines is 2. The van der Waals surface area contributed by atoms with Gasteiger partial charge in [-0.1, -0.05) is 22.9 Å². The number of thiazole rings is 1. The molecule has 3 N–H and O–H groups in total. The summed E-state index contributed by atoms with van der Waals surface area (Å²) < 4.78 is 0.937. The first-order valence-electron chi connectivity index (χ1n) is 6.26. The molecule has 0 radical (unpaired) electrons. The van der Waals surface area contributed by atoms with Crippen LogP contribution in [-0.2, 0) is 0 Å². The van der Waals surface area contributed by atoms with Crippen LogP contribution in [0.4, 0.5) is 10.8 Å². The molecule has 106 valence electrons. The Kier molecular flexibility index (Phi) is 3.53. The molecule has 0 fully saturated rings. The molecule has 3 rings (SSSR count). The van der Waals surface area contributed by atoms with Crippen molar-refractivity contribution in [3.8, 4) is 0 Å². The predicted octanol–water partition coefficient (Wildman–Crippen LogP) is 4.09. The number of rotatable bonds is 2. The van der Waals surface area contributed by atoms with Crippen LogP contribution in [0.3, 0.4) is 0 Å². The SMILES string of the molecule is Cc1cc(N)ccc1C(=O)Nc1nc2ccc(Cl)cc2s1. The fourth-order valence-corrected chi connectivity index (χ4v) is 3.19. The van der Waals surface area contributed by atoms with Crippen LogP contribution >= 0.6 is 22.9 Å². The molecule has 4 nitrogen and oxygen atoms in total. The Morgan fingerprint density at radius 1 is 1.29 bits per heavy atom. The molecular weight excluding hydrogens is 306 g/mol. The first kappa shape index (κ1) is 13.9. The van der Waals surface area contributed by atoms with Gasteiger partial charge < -0.3 is 5.73 Å². The van der Waals surface area contributed by atoms with Crippen LogP contribution in [0, 0.1) is 6.92 Å². The number of nitrogen functional groups attached to an aromatic ring is 1. The Hall–Kier alpha value is -2.11. The summed E-state index contributed by atoms with van der Waals surface area (Å²) in [5.41, 5.74) is 8.56. The highest BCUT2D eigenvalue weighted by atomic mass is 35.5. The number of hydrogen-bond acceptors (Lipinski definition) is 4. The zero-order chi connectivity index (χ0) is 15.0. The number of fused-ring (bicyclic) bond motifs is 1. The minimum atomic E-state index is -0.197. The standard InChI is InChI=1S/C15H12ClN3OS/c1-8-6-10(17)3-4-11(8)14(20)19-15-18-12-5-2-9(16)7-13(12)21-15/h2-7H,17H2,1H3,(H,18,19,20). The fourth-order valence-electron chi connectivity index (χ4n) is 2.06. The maximum Gasteiger partial charge on any atom is 0.257 e. The van der Waals surface area contributed by atoms with E-state index < -0.39 is 0 Å². The average Bonchev–Trinajstić information content (AvgIpc) is 2.79. The summed E-state index contributed by atoms with van der Waals surface area (Å²) in [6, 6.07) is 10.6. The zero-order valence-corrected chi connectivity index (χ0v) is 12.8. The van der Waals surface area contributed by atoms with E-state index in [0.29, 0.717) is 21.4 Å². The van der Waals surface area contributed by atoms with Gasteiger partial charge in [-0.3, -0.25) is 10.1 Å². The molecule has 0 saturated heterocycles. The molecule has 6 heteroatoms. The number of hydrogen-bond donors (Lipinski definition) is 2. The van der Waals surface area contributed by atoms with Gasteiger partial charge in [0.15, 0.2) is 5.13 Å². The second kappa shape index (κ2) is 5.35. The lowest BCUT2D eigenvalue weighted by atomic mass is 10.1. The molecule has 21 heavy (non-hydrogen) atoms. The van der Waals surface area contributed by atoms with E-state index in [1.807, 2.05) is 19.1 Å². The van der Waals surface area contributed by atoms with Crippen LogP contribution in [0.25, 0.3) is 10.2 Å². The summed E-state index contributed by atoms with van der Waals surface area (Å²) in [6.07, 6.45) is 0. The van der Waals surface area contributed by atoms with Crippen molar-refractivity contribution in [1.29, 1.82) is 0 Å². The Labute approximate surface area is 130 Å². The van der Waals surface area contributed by atoms with Crippen molar-refractivity contribution in [2.45, 2.75) is 6.92 Å². The van der Waals surface area contributed by atoms with Crippen LogP contribution in [0.1, 0.15) is 15.9 Å². The van der Waals surface area contributed by atoms with Crippen molar-refractivity contribution >= 4 is 49.9 Å². The van der Waals surface area contributed by atoms with Crippen molar-refractivity contribution in [2.24, 2.45) is 0 Å². The first-order valence-corrected chi connectivity index (χ1v) is 7.46. The monoisotopic (exact) mass is 317 g/mol. The molecule has 0 saturated carbocycles. The van der Waals surface area contributed by atoms with Gasteiger partial charge in [-0.25, -0.2) is 4.98 Å². The van der Waals surface area contributed by atoms with Crippen LogP contribution in [0.15, 0.2) is 36.4 Å². The van der Waals surface area contributed by atoms with E-state index in [1.165, 1.54) is 11.3 Å². The number of amides is 1. The highest BCUT2D eigenvalue weighted by Gasteiger charge is 2.12. The Bertz CT molecular complexity index is 844. The van der Waals surface area contributed by atoms with Gasteiger partial charge in [0.05, 0.1) is 10.2 Å². The molecule has 0 spiro atoms. The molecule has 0 aliphatic rings. The summed E-state index contributed by atoms with van der Waals surface area (Å²) in [5, 5.41) is 4.01. The highest BCUT2D eigenvalue weighted by Crippen LogP contribution is 2.28. The third kappa shape index (κ3) is 2.84. The maximum atomic E-state index is 12.3. The van der Waals surface area contributed by atoms with E-state index in [4.69, 9.17) is 17.3 Å². The molecule has 1 amide bonds. The van der Waals surface area contributed by atoms with E-state index in [-0.39, 0.29) is 5.91 Å². The van der Waals surface area contributed by atoms with Crippen LogP contribution < -0.4 is 11.1 Å². The fraction of sp³-hybridized carbons (Fsp3) is 0.0667. The van der Waals surface area contributed by atoms with Gasteiger partial charge in [-0.15, -0.1) is 0 Å². The highest BCUT2D eigenvalue weighted by molar-refractivity contribution is 7.22. The van der Waals surface area contributed by atoms with Crippen LogP contribution in [0.2, 0.25) is 5.02 Å². The predicted molar refractivity (Wildman–Crippen MR) is 88.2 cm³/mol. The summed E-state index contributed by atoms with van der Waals surface area (Å²) in [4.78, 5) is 16.6. The molecule has 0 bridgehead atoms. The second-order valence-corrected chi connectivity index (χ2v) is 6.13. The molecule has 0 unspecified atom stereocenters. The van der Waals surface area contributed by atoms with Crippen LogP contribution in [0.5, 0.6) is 0 Å². The number of halogens is 1. The van der Waals surface area contributed by atoms with Gasteiger partial charge in [-0.2, -0.15) is 0 Å². The number of carbonyl (C=O) groups excluding carboxylic acids is 1. The summed E-state index contributed by atoms with van der Waals surface area (Å²) in [6.45, 7) is 1.85. The Morgan fingerprint density at radius 2 is 2.10 bits per heavy atom. The number of aromatic nitrogens is 1. The summed E-state index contributed by atoms with van der Waals surface area (Å²) in [7, 11) is 0. The number of aryl methyl sites for hydroxylation is 1. The van der Waals surface area contributed by atoms with E-state index in [0.717, 1.165) is 15.8 Å². The third-order valence-electron chi connectivity index (χ3n) is 3.07. The lowest BCUT2D eigenvalue weighted by Gasteiger charge is -2.05. The number of carbonyl (C=O) groups is 1. The van der Waals surface area contributed by atoms with Crippen molar-refractivity contribution in [3.63, 3.8) is 0 Å². The maximum absolute atomic E-state index is 12.3. The number of benzene rings is 2. The number of nitrogens with one attached hydrogen (secondary N) is 1. The van der Waals surface area contributed by atoms with Gasteiger partial charge >= 0.3 is 0 Å². The summed E-state index contributed by atoms with van der Waals surface area (Å²) >= 11 is 7.34.